The first-order chi connectivity index (χ1) is 28.5. The SMILES string of the molecule is C[C@]12C=CC(=O)C=C1CC[C@@H]1[C@@H]2[C@@H](O)C[C@@]2(C)[C@H]1C[C@H]1O[C@@H](c3ccc(Cc4cc(CO)cc(NC(=O)[C@H](CCC(=O)O)NC(=O)CNC(=O)CBr)c4)s3)O[C@]12C(=O)CO. The Labute approximate surface area is 359 Å². The first-order valence-electron chi connectivity index (χ1n) is 20.1. The summed E-state index contributed by atoms with van der Waals surface area (Å²) >= 11 is 4.39. The second kappa shape index (κ2) is 17.3. The minimum Gasteiger partial charge on any atom is -0.481 e. The van der Waals surface area contributed by atoms with Gasteiger partial charge < -0.3 is 45.9 Å². The van der Waals surface area contributed by atoms with Crippen LogP contribution < -0.4 is 16.0 Å². The van der Waals surface area contributed by atoms with Gasteiger partial charge in [-0.25, -0.2) is 0 Å². The molecule has 5 aliphatic rings. The van der Waals surface area contributed by atoms with Crippen LogP contribution in [0.25, 0.3) is 0 Å². The molecule has 3 saturated carbocycles. The van der Waals surface area contributed by atoms with Crippen molar-refractivity contribution in [2.45, 2.75) is 95.5 Å². The van der Waals surface area contributed by atoms with Crippen molar-refractivity contribution < 1.29 is 58.7 Å². The number of hydrogen-bond donors (Lipinski definition) is 7. The average Bonchev–Trinajstić information content (AvgIpc) is 3.90. The van der Waals surface area contributed by atoms with Crippen LogP contribution in [0.1, 0.15) is 79.5 Å². The number of aliphatic hydroxyl groups excluding tert-OH is 3. The normalized spacial score (nSPS) is 31.8. The van der Waals surface area contributed by atoms with Crippen LogP contribution in [0.5, 0.6) is 0 Å². The number of halogens is 1. The molecule has 1 aromatic heterocycles. The monoisotopic (exact) mass is 911 g/mol. The summed E-state index contributed by atoms with van der Waals surface area (Å²) in [5.74, 6) is -3.64. The molecular formula is C43H50BrN3O12S. The smallest absolute Gasteiger partial charge is 0.303 e. The highest BCUT2D eigenvalue weighted by atomic mass is 79.9. The lowest BCUT2D eigenvalue weighted by Crippen LogP contribution is -2.63. The second-order valence-electron chi connectivity index (χ2n) is 17.0. The van der Waals surface area contributed by atoms with Crippen LogP contribution in [0.4, 0.5) is 5.69 Å². The summed E-state index contributed by atoms with van der Waals surface area (Å²) in [6.45, 7) is 2.59. The number of nitrogens with one attached hydrogen (secondary N) is 3. The zero-order valence-corrected chi connectivity index (χ0v) is 35.7. The Kier molecular flexibility index (Phi) is 12.7. The van der Waals surface area contributed by atoms with Crippen molar-refractivity contribution in [1.29, 1.82) is 0 Å². The predicted octanol–water partition coefficient (Wildman–Crippen LogP) is 3.23. The van der Waals surface area contributed by atoms with Crippen LogP contribution in [0.15, 0.2) is 54.1 Å². The molecule has 1 saturated heterocycles. The first kappa shape index (κ1) is 44.0. The minimum absolute atomic E-state index is 0.0233. The van der Waals surface area contributed by atoms with Crippen molar-refractivity contribution in [3.8, 4) is 0 Å². The molecule has 4 aliphatic carbocycles. The van der Waals surface area contributed by atoms with Gasteiger partial charge in [-0.05, 0) is 91.5 Å². The number of allylic oxidation sites excluding steroid dienone is 4. The van der Waals surface area contributed by atoms with Gasteiger partial charge in [0, 0.05) is 40.2 Å². The van der Waals surface area contributed by atoms with E-state index in [1.54, 1.807) is 30.4 Å². The third-order valence-electron chi connectivity index (χ3n) is 13.5. The number of carbonyl (C=O) groups is 6. The van der Waals surface area contributed by atoms with E-state index < -0.39 is 90.0 Å². The first-order valence-corrected chi connectivity index (χ1v) is 22.1. The molecule has 1 aliphatic heterocycles. The summed E-state index contributed by atoms with van der Waals surface area (Å²) in [5.41, 5.74) is -0.261. The van der Waals surface area contributed by atoms with Crippen molar-refractivity contribution in [3.63, 3.8) is 0 Å². The molecule has 15 nitrogen and oxygen atoms in total. The molecule has 60 heavy (non-hydrogen) atoms. The van der Waals surface area contributed by atoms with Gasteiger partial charge in [-0.1, -0.05) is 47.5 Å². The van der Waals surface area contributed by atoms with Gasteiger partial charge in [-0.15, -0.1) is 11.3 Å². The summed E-state index contributed by atoms with van der Waals surface area (Å²) < 4.78 is 13.4. The molecule has 1 aromatic carbocycles. The number of thiophene rings is 1. The number of benzene rings is 1. The fraction of sp³-hybridized carbons (Fsp3) is 0.535. The van der Waals surface area contributed by atoms with Gasteiger partial charge in [-0.2, -0.15) is 0 Å². The Hall–Kier alpha value is -4.10. The van der Waals surface area contributed by atoms with E-state index in [4.69, 9.17) is 9.47 Å². The number of alkyl halides is 1. The molecule has 17 heteroatoms. The van der Waals surface area contributed by atoms with Crippen LogP contribution in [0.2, 0.25) is 0 Å². The maximum atomic E-state index is 14.0. The van der Waals surface area contributed by atoms with E-state index in [1.165, 1.54) is 11.3 Å². The Morgan fingerprint density at radius 3 is 2.55 bits per heavy atom. The highest BCUT2D eigenvalue weighted by Gasteiger charge is 2.76. The van der Waals surface area contributed by atoms with Gasteiger partial charge in [0.25, 0.3) is 0 Å². The van der Waals surface area contributed by atoms with Gasteiger partial charge in [-0.3, -0.25) is 28.8 Å². The molecule has 3 amide bonds. The molecule has 10 atom stereocenters. The Bertz CT molecular complexity index is 2140. The summed E-state index contributed by atoms with van der Waals surface area (Å²) in [4.78, 5) is 76.6. The lowest BCUT2D eigenvalue weighted by atomic mass is 9.46. The van der Waals surface area contributed by atoms with Crippen molar-refractivity contribution in [3.05, 3.63) is 75.0 Å². The zero-order chi connectivity index (χ0) is 43.1. The number of fused-ring (bicyclic) bond motifs is 7. The van der Waals surface area contributed by atoms with E-state index in [1.807, 2.05) is 25.1 Å². The van der Waals surface area contributed by atoms with Gasteiger partial charge in [0.15, 0.2) is 23.5 Å². The number of hydrogen-bond acceptors (Lipinski definition) is 12. The molecule has 2 aromatic rings. The lowest BCUT2D eigenvalue weighted by molar-refractivity contribution is -0.200. The number of carboxylic acid groups (broad SMARTS) is 1. The van der Waals surface area contributed by atoms with Gasteiger partial charge in [0.2, 0.25) is 17.7 Å². The fourth-order valence-electron chi connectivity index (χ4n) is 10.9. The maximum absolute atomic E-state index is 14.0. The van der Waals surface area contributed by atoms with Crippen molar-refractivity contribution in [2.75, 3.05) is 23.8 Å². The largest absolute Gasteiger partial charge is 0.481 e. The van der Waals surface area contributed by atoms with Crippen LogP contribution in [-0.4, -0.2) is 98.0 Å². The molecule has 2 heterocycles. The topological polar surface area (TPSA) is 238 Å². The molecule has 4 fully saturated rings. The number of carbonyl (C=O) groups excluding carboxylic acids is 5. The Balaban J connectivity index is 1.07. The molecular weight excluding hydrogens is 862 g/mol. The van der Waals surface area contributed by atoms with E-state index in [9.17, 15) is 49.2 Å². The fourth-order valence-corrected chi connectivity index (χ4v) is 12.1. The van der Waals surface area contributed by atoms with E-state index in [0.717, 1.165) is 22.4 Å². The third kappa shape index (κ3) is 8.05. The maximum Gasteiger partial charge on any atom is 0.303 e. The van der Waals surface area contributed by atoms with E-state index >= 15 is 0 Å². The van der Waals surface area contributed by atoms with Crippen LogP contribution in [-0.2, 0) is 51.3 Å². The molecule has 7 N–H and O–H groups in total. The summed E-state index contributed by atoms with van der Waals surface area (Å²) in [6, 6.07) is 7.58. The highest BCUT2D eigenvalue weighted by Crippen LogP contribution is 2.70. The molecule has 0 radical (unpaired) electrons. The van der Waals surface area contributed by atoms with Crippen molar-refractivity contribution in [2.24, 2.45) is 28.6 Å². The van der Waals surface area contributed by atoms with Gasteiger partial charge in [0.1, 0.15) is 12.6 Å². The molecule has 7 rings (SSSR count). The van der Waals surface area contributed by atoms with Gasteiger partial charge in [0.05, 0.1) is 35.6 Å². The van der Waals surface area contributed by atoms with Crippen LogP contribution in [0, 0.1) is 28.6 Å². The Morgan fingerprint density at radius 2 is 1.83 bits per heavy atom. The van der Waals surface area contributed by atoms with Crippen molar-refractivity contribution >= 4 is 68.2 Å². The summed E-state index contributed by atoms with van der Waals surface area (Å²) in [7, 11) is 0. The standard InChI is InChI=1S/C43H50BrN3O12S/c1-41-10-9-26(50)15-24(41)3-5-28-29-16-34-43(33(52)21-49,42(29,2)17-31(51)38(28)41)59-40(58-34)32-7-4-27(60-32)14-22-11-23(20-48)13-25(12-22)46-39(57)30(6-8-37(55)56)47-36(54)19-45-35(53)18-44/h4,7,9-13,15,28-31,34,38,40,48-49,51H,3,5-6,8,14,16-21H2,1-2H3,(H,45,53)(H,46,57)(H,47,54)(H,55,56)/t28-,29-,30-,31-,34+,38+,40+,41-,42-,43+/m0/s1. The number of carboxylic acids is 1. The van der Waals surface area contributed by atoms with Gasteiger partial charge >= 0.3 is 5.97 Å². The number of anilines is 1. The summed E-state index contributed by atoms with van der Waals surface area (Å²) in [6.07, 6.45) is 4.86. The number of aliphatic carboxylic acids is 1. The summed E-state index contributed by atoms with van der Waals surface area (Å²) in [5, 5.41) is 49.2. The van der Waals surface area contributed by atoms with Crippen molar-refractivity contribution in [1.82, 2.24) is 10.6 Å². The quantitative estimate of drug-likeness (QED) is 0.128. The van der Waals surface area contributed by atoms with E-state index in [-0.39, 0.29) is 48.3 Å². The Morgan fingerprint density at radius 1 is 1.07 bits per heavy atom. The zero-order valence-electron chi connectivity index (χ0n) is 33.3. The number of aliphatic hydroxyl groups is 3. The lowest BCUT2D eigenvalue weighted by Gasteiger charge is -2.59. The molecule has 0 unspecified atom stereocenters. The average molecular weight is 913 g/mol. The highest BCUT2D eigenvalue weighted by molar-refractivity contribution is 9.09. The van der Waals surface area contributed by atoms with E-state index in [2.05, 4.69) is 38.8 Å². The number of rotatable bonds is 15. The number of ether oxygens (including phenoxy) is 2. The number of amides is 3. The van der Waals surface area contributed by atoms with Crippen LogP contribution in [0.3, 0.4) is 0 Å². The van der Waals surface area contributed by atoms with Crippen LogP contribution >= 0.6 is 27.3 Å². The van der Waals surface area contributed by atoms with E-state index in [0.29, 0.717) is 35.4 Å². The molecule has 322 valence electrons. The third-order valence-corrected chi connectivity index (χ3v) is 15.1. The second-order valence-corrected chi connectivity index (χ2v) is 18.7. The molecule has 0 spiro atoms. The number of ketones is 2. The minimum atomic E-state index is -1.49. The predicted molar refractivity (Wildman–Crippen MR) is 221 cm³/mol. The molecule has 0 bridgehead atoms. The number of Topliss-reactive ketones (excluding diaryl/α,β-unsaturated/α-hetero) is 1.